The Hall–Kier alpha value is -2.57. The number of likely N-dealkylation sites (tertiary alicyclic amines) is 1. The van der Waals surface area contributed by atoms with Crippen LogP contribution in [-0.2, 0) is 24.3 Å². The van der Waals surface area contributed by atoms with Gasteiger partial charge in [0, 0.05) is 47.8 Å². The number of amides is 1. The van der Waals surface area contributed by atoms with Gasteiger partial charge in [0.25, 0.3) is 0 Å². The smallest absolute Gasteiger partial charge is 0.223 e. The summed E-state index contributed by atoms with van der Waals surface area (Å²) in [4.78, 5) is 17.2. The van der Waals surface area contributed by atoms with E-state index in [1.54, 1.807) is 0 Å². The molecule has 7 heteroatoms. The Morgan fingerprint density at radius 1 is 0.944 bits per heavy atom. The van der Waals surface area contributed by atoms with Crippen LogP contribution >= 0.6 is 23.2 Å². The molecule has 2 atom stereocenters. The molecule has 5 nitrogen and oxygen atoms in total. The molecule has 1 amide bonds. The van der Waals surface area contributed by atoms with Crippen molar-refractivity contribution >= 4 is 34.8 Å². The molecule has 2 unspecified atom stereocenters. The molecule has 2 heterocycles. The van der Waals surface area contributed by atoms with Gasteiger partial charge in [0.05, 0.1) is 6.04 Å². The molecule has 1 fully saturated rings. The van der Waals surface area contributed by atoms with Crippen LogP contribution in [0.4, 0.5) is 5.69 Å². The summed E-state index contributed by atoms with van der Waals surface area (Å²) in [6.45, 7) is 2.57. The van der Waals surface area contributed by atoms with Gasteiger partial charge in [-0.15, -0.1) is 0 Å². The zero-order valence-electron chi connectivity index (χ0n) is 20.1. The number of hydrogen-bond acceptors (Lipinski definition) is 4. The SMILES string of the molecule is O=C(NCc1cccc(Cl)c1)C1CCN(C(O)C2Cc3ccccc3N2Cc2ccc(Cl)cc2)CC1. The number of benzene rings is 3. The average Bonchev–Trinajstić information content (AvgIpc) is 3.26. The highest BCUT2D eigenvalue weighted by molar-refractivity contribution is 6.30. The standard InChI is InChI=1S/C29H31Cl2N3O2/c30-24-10-8-20(9-11-24)19-34-26-7-2-1-5-23(26)17-27(34)29(36)33-14-12-22(13-15-33)28(35)32-18-21-4-3-6-25(31)16-21/h1-11,16,22,27,29,36H,12-15,17-19H2,(H,32,35). The van der Waals surface area contributed by atoms with Crippen molar-refractivity contribution in [1.82, 2.24) is 10.2 Å². The van der Waals surface area contributed by atoms with E-state index in [4.69, 9.17) is 23.2 Å². The summed E-state index contributed by atoms with van der Waals surface area (Å²) in [5.74, 6) is 0.0281. The molecule has 0 radical (unpaired) electrons. The highest BCUT2D eigenvalue weighted by Gasteiger charge is 2.38. The fourth-order valence-corrected chi connectivity index (χ4v) is 5.72. The van der Waals surface area contributed by atoms with Crippen LogP contribution in [0.5, 0.6) is 0 Å². The molecule has 0 bridgehead atoms. The van der Waals surface area contributed by atoms with Crippen molar-refractivity contribution in [2.24, 2.45) is 5.92 Å². The van der Waals surface area contributed by atoms with E-state index in [-0.39, 0.29) is 17.9 Å². The van der Waals surface area contributed by atoms with Gasteiger partial charge in [-0.3, -0.25) is 9.69 Å². The van der Waals surface area contributed by atoms with Gasteiger partial charge < -0.3 is 15.3 Å². The number of nitrogens with one attached hydrogen (secondary N) is 1. The Morgan fingerprint density at radius 2 is 1.69 bits per heavy atom. The van der Waals surface area contributed by atoms with Crippen molar-refractivity contribution in [3.05, 3.63) is 99.5 Å². The Bertz CT molecular complexity index is 1200. The van der Waals surface area contributed by atoms with E-state index in [1.807, 2.05) is 48.5 Å². The van der Waals surface area contributed by atoms with E-state index in [0.29, 0.717) is 31.2 Å². The minimum Gasteiger partial charge on any atom is -0.376 e. The molecule has 0 spiro atoms. The minimum atomic E-state index is -0.611. The lowest BCUT2D eigenvalue weighted by atomic mass is 9.94. The van der Waals surface area contributed by atoms with E-state index >= 15 is 0 Å². The number of aliphatic hydroxyl groups excluding tert-OH is 1. The first-order chi connectivity index (χ1) is 17.5. The molecule has 0 aromatic heterocycles. The van der Waals surface area contributed by atoms with Crippen molar-refractivity contribution in [2.45, 2.75) is 44.6 Å². The number of para-hydroxylation sites is 1. The summed E-state index contributed by atoms with van der Waals surface area (Å²) in [5.41, 5.74) is 4.58. The second-order valence-corrected chi connectivity index (χ2v) is 10.6. The fraction of sp³-hybridized carbons (Fsp3) is 0.345. The summed E-state index contributed by atoms with van der Waals surface area (Å²) >= 11 is 12.1. The van der Waals surface area contributed by atoms with Gasteiger partial charge >= 0.3 is 0 Å². The van der Waals surface area contributed by atoms with Crippen LogP contribution in [0.2, 0.25) is 10.0 Å². The van der Waals surface area contributed by atoms with Gasteiger partial charge in [-0.25, -0.2) is 0 Å². The first kappa shape index (κ1) is 25.1. The first-order valence-electron chi connectivity index (χ1n) is 12.5. The van der Waals surface area contributed by atoms with E-state index < -0.39 is 6.23 Å². The molecule has 3 aromatic carbocycles. The maximum atomic E-state index is 12.8. The molecule has 2 N–H and O–H groups in total. The lowest BCUT2D eigenvalue weighted by Gasteiger charge is -2.40. The number of piperidine rings is 1. The minimum absolute atomic E-state index is 0.0430. The topological polar surface area (TPSA) is 55.8 Å². The zero-order valence-corrected chi connectivity index (χ0v) is 21.6. The second-order valence-electron chi connectivity index (χ2n) is 9.73. The van der Waals surface area contributed by atoms with Gasteiger partial charge in [-0.05, 0) is 66.3 Å². The summed E-state index contributed by atoms with van der Waals surface area (Å²) in [7, 11) is 0. The van der Waals surface area contributed by atoms with Crippen molar-refractivity contribution < 1.29 is 9.90 Å². The Morgan fingerprint density at radius 3 is 2.44 bits per heavy atom. The van der Waals surface area contributed by atoms with Crippen LogP contribution in [0, 0.1) is 5.92 Å². The summed E-state index contributed by atoms with van der Waals surface area (Å²) in [6, 6.07) is 23.8. The van der Waals surface area contributed by atoms with Crippen molar-refractivity contribution in [2.75, 3.05) is 18.0 Å². The monoisotopic (exact) mass is 523 g/mol. The Labute approximate surface area is 222 Å². The number of rotatable bonds is 7. The third-order valence-electron chi connectivity index (χ3n) is 7.37. The van der Waals surface area contributed by atoms with E-state index in [1.165, 1.54) is 11.3 Å². The van der Waals surface area contributed by atoms with Gasteiger partial charge in [0.2, 0.25) is 5.91 Å². The lowest BCUT2D eigenvalue weighted by molar-refractivity contribution is -0.128. The molecule has 2 aliphatic heterocycles. The quantitative estimate of drug-likeness (QED) is 0.442. The van der Waals surface area contributed by atoms with Gasteiger partial charge in [0.1, 0.15) is 6.23 Å². The van der Waals surface area contributed by atoms with E-state index in [9.17, 15) is 9.90 Å². The predicted molar refractivity (Wildman–Crippen MR) is 145 cm³/mol. The zero-order chi connectivity index (χ0) is 25.1. The van der Waals surface area contributed by atoms with E-state index in [0.717, 1.165) is 35.4 Å². The van der Waals surface area contributed by atoms with Gasteiger partial charge in [0.15, 0.2) is 0 Å². The number of anilines is 1. The number of fused-ring (bicyclic) bond motifs is 1. The molecular formula is C29H31Cl2N3O2. The highest BCUT2D eigenvalue weighted by atomic mass is 35.5. The molecule has 0 saturated carbocycles. The number of carbonyl (C=O) groups excluding carboxylic acids is 1. The summed E-state index contributed by atoms with van der Waals surface area (Å²) in [6.07, 6.45) is 1.65. The van der Waals surface area contributed by atoms with Gasteiger partial charge in [-0.1, -0.05) is 65.7 Å². The molecule has 1 saturated heterocycles. The third kappa shape index (κ3) is 5.70. The average molecular weight is 524 g/mol. The lowest BCUT2D eigenvalue weighted by Crippen LogP contribution is -2.53. The maximum absolute atomic E-state index is 12.8. The number of nitrogens with zero attached hydrogens (tertiary/aromatic N) is 2. The highest BCUT2D eigenvalue weighted by Crippen LogP contribution is 2.36. The number of halogens is 2. The first-order valence-corrected chi connectivity index (χ1v) is 13.3. The van der Waals surface area contributed by atoms with Crippen LogP contribution in [0.1, 0.15) is 29.5 Å². The molecule has 36 heavy (non-hydrogen) atoms. The van der Waals surface area contributed by atoms with Crippen molar-refractivity contribution in [1.29, 1.82) is 0 Å². The third-order valence-corrected chi connectivity index (χ3v) is 7.86. The largest absolute Gasteiger partial charge is 0.376 e. The van der Waals surface area contributed by atoms with Crippen LogP contribution in [-0.4, -0.2) is 41.3 Å². The maximum Gasteiger partial charge on any atom is 0.223 e. The molecule has 5 rings (SSSR count). The molecule has 188 valence electrons. The number of aliphatic hydroxyl groups is 1. The summed E-state index contributed by atoms with van der Waals surface area (Å²) < 4.78 is 0. The second kappa shape index (κ2) is 11.2. The van der Waals surface area contributed by atoms with Gasteiger partial charge in [-0.2, -0.15) is 0 Å². The molecular weight excluding hydrogens is 493 g/mol. The fourth-order valence-electron chi connectivity index (χ4n) is 5.38. The Balaban J connectivity index is 1.20. The molecule has 3 aromatic rings. The molecule has 2 aliphatic rings. The molecule has 0 aliphatic carbocycles. The Kier molecular flexibility index (Phi) is 7.82. The number of hydrogen-bond donors (Lipinski definition) is 2. The van der Waals surface area contributed by atoms with Crippen LogP contribution < -0.4 is 10.2 Å². The predicted octanol–water partition coefficient (Wildman–Crippen LogP) is 5.27. The summed E-state index contributed by atoms with van der Waals surface area (Å²) in [5, 5.41) is 15.9. The van der Waals surface area contributed by atoms with Crippen LogP contribution in [0.3, 0.4) is 0 Å². The normalized spacial score (nSPS) is 19.2. The van der Waals surface area contributed by atoms with Crippen LogP contribution in [0.15, 0.2) is 72.8 Å². The van der Waals surface area contributed by atoms with Crippen molar-refractivity contribution in [3.63, 3.8) is 0 Å². The van der Waals surface area contributed by atoms with Crippen molar-refractivity contribution in [3.8, 4) is 0 Å². The van der Waals surface area contributed by atoms with Crippen LogP contribution in [0.25, 0.3) is 0 Å². The number of carbonyl (C=O) groups is 1. The van der Waals surface area contributed by atoms with E-state index in [2.05, 4.69) is 39.4 Å².